The standard InChI is InChI=1S/C14H11ClN2O5/c1-22-12-4-2-3-9(14(18)19)13(12)16-10-7-8(15)5-6-11(10)17(20)21/h2-7,16H,1H3,(H,18,19). The zero-order valence-corrected chi connectivity index (χ0v) is 12.1. The lowest BCUT2D eigenvalue weighted by atomic mass is 10.1. The molecular formula is C14H11ClN2O5. The second-order valence-electron chi connectivity index (χ2n) is 4.23. The lowest BCUT2D eigenvalue weighted by Crippen LogP contribution is -2.06. The number of nitrogens with zero attached hydrogens (tertiary/aromatic N) is 1. The van der Waals surface area contributed by atoms with E-state index in [1.807, 2.05) is 0 Å². The number of hydrogen-bond donors (Lipinski definition) is 2. The molecule has 8 heteroatoms. The third-order valence-corrected chi connectivity index (χ3v) is 3.13. The average Bonchev–Trinajstić information content (AvgIpc) is 2.46. The van der Waals surface area contributed by atoms with Gasteiger partial charge in [-0.15, -0.1) is 0 Å². The molecule has 2 rings (SSSR count). The molecule has 0 atom stereocenters. The number of aromatic carboxylic acids is 1. The van der Waals surface area contributed by atoms with Gasteiger partial charge in [-0.2, -0.15) is 0 Å². The summed E-state index contributed by atoms with van der Waals surface area (Å²) in [6.07, 6.45) is 0. The predicted molar refractivity (Wildman–Crippen MR) is 81.3 cm³/mol. The number of carboxylic acids is 1. The number of nitro benzene ring substituents is 1. The van der Waals surface area contributed by atoms with Gasteiger partial charge in [-0.05, 0) is 24.3 Å². The van der Waals surface area contributed by atoms with Crippen molar-refractivity contribution >= 4 is 34.6 Å². The van der Waals surface area contributed by atoms with Crippen LogP contribution in [0.2, 0.25) is 5.02 Å². The molecule has 0 unspecified atom stereocenters. The molecule has 0 amide bonds. The van der Waals surface area contributed by atoms with Gasteiger partial charge >= 0.3 is 5.97 Å². The number of hydrogen-bond acceptors (Lipinski definition) is 5. The van der Waals surface area contributed by atoms with Crippen molar-refractivity contribution in [3.63, 3.8) is 0 Å². The fourth-order valence-electron chi connectivity index (χ4n) is 1.91. The van der Waals surface area contributed by atoms with Crippen molar-refractivity contribution in [1.82, 2.24) is 0 Å². The van der Waals surface area contributed by atoms with Crippen molar-refractivity contribution in [2.45, 2.75) is 0 Å². The largest absolute Gasteiger partial charge is 0.495 e. The number of carboxylic acid groups (broad SMARTS) is 1. The van der Waals surface area contributed by atoms with E-state index < -0.39 is 10.9 Å². The molecule has 0 aliphatic heterocycles. The highest BCUT2D eigenvalue weighted by molar-refractivity contribution is 6.31. The molecule has 0 aliphatic rings. The first-order chi connectivity index (χ1) is 10.4. The molecule has 2 N–H and O–H groups in total. The molecule has 22 heavy (non-hydrogen) atoms. The van der Waals surface area contributed by atoms with Gasteiger partial charge in [-0.1, -0.05) is 17.7 Å². The first kappa shape index (κ1) is 15.6. The number of nitrogens with one attached hydrogen (secondary N) is 1. The molecule has 0 aliphatic carbocycles. The van der Waals surface area contributed by atoms with Crippen LogP contribution in [0.5, 0.6) is 5.75 Å². The lowest BCUT2D eigenvalue weighted by Gasteiger charge is -2.14. The van der Waals surface area contributed by atoms with E-state index >= 15 is 0 Å². The summed E-state index contributed by atoms with van der Waals surface area (Å²) in [7, 11) is 1.37. The molecule has 2 aromatic rings. The van der Waals surface area contributed by atoms with E-state index in [4.69, 9.17) is 16.3 Å². The summed E-state index contributed by atoms with van der Waals surface area (Å²) >= 11 is 5.85. The first-order valence-corrected chi connectivity index (χ1v) is 6.43. The van der Waals surface area contributed by atoms with Crippen LogP contribution in [0, 0.1) is 10.1 Å². The molecule has 0 saturated heterocycles. The van der Waals surface area contributed by atoms with Crippen molar-refractivity contribution in [2.24, 2.45) is 0 Å². The number of methoxy groups -OCH3 is 1. The summed E-state index contributed by atoms with van der Waals surface area (Å²) in [5, 5.41) is 23.3. The maximum atomic E-state index is 11.3. The topological polar surface area (TPSA) is 102 Å². The van der Waals surface area contributed by atoms with Gasteiger partial charge < -0.3 is 15.2 Å². The molecule has 0 radical (unpaired) electrons. The van der Waals surface area contributed by atoms with E-state index in [-0.39, 0.29) is 33.4 Å². The quantitative estimate of drug-likeness (QED) is 0.643. The Morgan fingerprint density at radius 1 is 1.36 bits per heavy atom. The second-order valence-corrected chi connectivity index (χ2v) is 4.67. The van der Waals surface area contributed by atoms with E-state index in [1.54, 1.807) is 6.07 Å². The zero-order valence-electron chi connectivity index (χ0n) is 11.4. The number of carbonyl (C=O) groups is 1. The Labute approximate surface area is 130 Å². The molecule has 0 fully saturated rings. The Balaban J connectivity index is 2.58. The predicted octanol–water partition coefficient (Wildman–Crippen LogP) is 3.70. The van der Waals surface area contributed by atoms with Crippen LogP contribution in [0.25, 0.3) is 0 Å². The highest BCUT2D eigenvalue weighted by Gasteiger charge is 2.20. The number of nitro groups is 1. The van der Waals surface area contributed by atoms with Gasteiger partial charge in [0.15, 0.2) is 0 Å². The van der Waals surface area contributed by atoms with Crippen LogP contribution in [0.1, 0.15) is 10.4 Å². The van der Waals surface area contributed by atoms with Crippen molar-refractivity contribution < 1.29 is 19.6 Å². The summed E-state index contributed by atoms with van der Waals surface area (Å²) < 4.78 is 5.11. The van der Waals surface area contributed by atoms with E-state index in [0.29, 0.717) is 0 Å². The highest BCUT2D eigenvalue weighted by atomic mass is 35.5. The molecule has 114 valence electrons. The Morgan fingerprint density at radius 2 is 2.09 bits per heavy atom. The van der Waals surface area contributed by atoms with Crippen LogP contribution in [0.15, 0.2) is 36.4 Å². The van der Waals surface area contributed by atoms with Crippen LogP contribution in [0.3, 0.4) is 0 Å². The Hall–Kier alpha value is -2.80. The summed E-state index contributed by atoms with van der Waals surface area (Å²) in [5.41, 5.74) is -0.118. The minimum absolute atomic E-state index is 0.0736. The molecule has 2 aromatic carbocycles. The number of ether oxygens (including phenoxy) is 1. The summed E-state index contributed by atoms with van der Waals surface area (Å²) in [6, 6.07) is 8.39. The maximum absolute atomic E-state index is 11.3. The van der Waals surface area contributed by atoms with Crippen molar-refractivity contribution in [3.8, 4) is 5.75 Å². The molecule has 0 bridgehead atoms. The minimum Gasteiger partial charge on any atom is -0.495 e. The van der Waals surface area contributed by atoms with Gasteiger partial charge in [0.05, 0.1) is 23.3 Å². The fraction of sp³-hybridized carbons (Fsp3) is 0.0714. The zero-order chi connectivity index (χ0) is 16.3. The van der Waals surface area contributed by atoms with Crippen molar-refractivity contribution in [2.75, 3.05) is 12.4 Å². The number of benzene rings is 2. The fourth-order valence-corrected chi connectivity index (χ4v) is 2.08. The maximum Gasteiger partial charge on any atom is 0.337 e. The smallest absolute Gasteiger partial charge is 0.337 e. The molecule has 7 nitrogen and oxygen atoms in total. The van der Waals surface area contributed by atoms with Crippen molar-refractivity contribution in [1.29, 1.82) is 0 Å². The van der Waals surface area contributed by atoms with Gasteiger partial charge in [-0.3, -0.25) is 10.1 Å². The van der Waals surface area contributed by atoms with Crippen LogP contribution in [0.4, 0.5) is 17.1 Å². The van der Waals surface area contributed by atoms with E-state index in [9.17, 15) is 20.0 Å². The van der Waals surface area contributed by atoms with E-state index in [2.05, 4.69) is 5.32 Å². The number of anilines is 2. The van der Waals surface area contributed by atoms with Crippen LogP contribution >= 0.6 is 11.6 Å². The SMILES string of the molecule is COc1cccc(C(=O)O)c1Nc1cc(Cl)ccc1[N+](=O)[O-]. The van der Waals surface area contributed by atoms with Gasteiger partial charge in [0, 0.05) is 11.1 Å². The monoisotopic (exact) mass is 322 g/mol. The highest BCUT2D eigenvalue weighted by Crippen LogP contribution is 2.36. The summed E-state index contributed by atoms with van der Waals surface area (Å²) in [5.74, 6) is -0.944. The van der Waals surface area contributed by atoms with Crippen LogP contribution in [-0.2, 0) is 0 Å². The molecule has 0 aromatic heterocycles. The third-order valence-electron chi connectivity index (χ3n) is 2.89. The first-order valence-electron chi connectivity index (χ1n) is 6.05. The number of rotatable bonds is 5. The van der Waals surface area contributed by atoms with Crippen LogP contribution in [-0.4, -0.2) is 23.1 Å². The number of para-hydroxylation sites is 1. The summed E-state index contributed by atoms with van der Waals surface area (Å²) in [4.78, 5) is 21.8. The Bertz CT molecular complexity index is 748. The lowest BCUT2D eigenvalue weighted by molar-refractivity contribution is -0.383. The molecule has 0 spiro atoms. The van der Waals surface area contributed by atoms with Crippen LogP contribution < -0.4 is 10.1 Å². The van der Waals surface area contributed by atoms with Gasteiger partial charge in [0.2, 0.25) is 0 Å². The third kappa shape index (κ3) is 3.09. The Morgan fingerprint density at radius 3 is 2.68 bits per heavy atom. The Kier molecular flexibility index (Phi) is 4.47. The normalized spacial score (nSPS) is 10.1. The molecule has 0 heterocycles. The summed E-state index contributed by atoms with van der Waals surface area (Å²) in [6.45, 7) is 0. The molecule has 0 saturated carbocycles. The van der Waals surface area contributed by atoms with Gasteiger partial charge in [0.25, 0.3) is 5.69 Å². The second kappa shape index (κ2) is 6.31. The average molecular weight is 323 g/mol. The molecular weight excluding hydrogens is 312 g/mol. The van der Waals surface area contributed by atoms with Crippen molar-refractivity contribution in [3.05, 3.63) is 57.1 Å². The van der Waals surface area contributed by atoms with E-state index in [1.165, 1.54) is 37.4 Å². The number of halogens is 1. The van der Waals surface area contributed by atoms with Gasteiger partial charge in [-0.25, -0.2) is 4.79 Å². The van der Waals surface area contributed by atoms with E-state index in [0.717, 1.165) is 0 Å². The minimum atomic E-state index is -1.19. The van der Waals surface area contributed by atoms with Gasteiger partial charge in [0.1, 0.15) is 11.4 Å².